The van der Waals surface area contributed by atoms with Crippen LogP contribution < -0.4 is 0 Å². The summed E-state index contributed by atoms with van der Waals surface area (Å²) in [5.74, 6) is -0.586. The minimum absolute atomic E-state index is 0.252. The lowest BCUT2D eigenvalue weighted by Gasteiger charge is -1.91. The average molecular weight is 130 g/mol. The van der Waals surface area contributed by atoms with E-state index in [1.54, 1.807) is 6.08 Å². The maximum Gasteiger partial charge on any atom is 0.342 e. The van der Waals surface area contributed by atoms with Gasteiger partial charge in [-0.15, -0.1) is 6.58 Å². The summed E-state index contributed by atoms with van der Waals surface area (Å²) < 4.78 is 0. The second kappa shape index (κ2) is 5.31. The minimum Gasteiger partial charge on any atom is -0.301 e. The summed E-state index contributed by atoms with van der Waals surface area (Å²) in [6.45, 7) is 3.47. The zero-order valence-electron chi connectivity index (χ0n) is 5.17. The molecule has 1 N–H and O–H groups in total. The molecule has 3 heteroatoms. The summed E-state index contributed by atoms with van der Waals surface area (Å²) in [6, 6.07) is 0. The van der Waals surface area contributed by atoms with Crippen molar-refractivity contribution in [3.8, 4) is 0 Å². The average Bonchev–Trinajstić information content (AvgIpc) is 1.89. The molecular formula is C6H10O3. The Balaban J connectivity index is 3.06. The van der Waals surface area contributed by atoms with E-state index in [1.165, 1.54) is 0 Å². The standard InChI is InChI=1S/C6H10O3/c1-2-3-4-5-6(7)9-8/h2,8H,1,3-5H2. The van der Waals surface area contributed by atoms with Gasteiger partial charge in [0, 0.05) is 6.42 Å². The summed E-state index contributed by atoms with van der Waals surface area (Å²) in [4.78, 5) is 13.6. The molecule has 0 aromatic heterocycles. The lowest BCUT2D eigenvalue weighted by atomic mass is 10.2. The summed E-state index contributed by atoms with van der Waals surface area (Å²) in [7, 11) is 0. The lowest BCUT2D eigenvalue weighted by Crippen LogP contribution is -1.98. The molecule has 0 unspecified atom stereocenters. The number of hydrogen-bond acceptors (Lipinski definition) is 3. The van der Waals surface area contributed by atoms with Gasteiger partial charge in [0.2, 0.25) is 0 Å². The first-order valence-electron chi connectivity index (χ1n) is 2.76. The summed E-state index contributed by atoms with van der Waals surface area (Å²) in [5, 5.41) is 7.76. The summed E-state index contributed by atoms with van der Waals surface area (Å²) in [5.41, 5.74) is 0. The van der Waals surface area contributed by atoms with Gasteiger partial charge in [0.25, 0.3) is 0 Å². The summed E-state index contributed by atoms with van der Waals surface area (Å²) in [6.07, 6.45) is 3.42. The molecule has 0 aromatic carbocycles. The Labute approximate surface area is 53.9 Å². The van der Waals surface area contributed by atoms with Crippen molar-refractivity contribution in [2.75, 3.05) is 0 Å². The molecule has 0 amide bonds. The Kier molecular flexibility index (Phi) is 4.82. The number of carbonyl (C=O) groups excluding carboxylic acids is 1. The van der Waals surface area contributed by atoms with Crippen molar-refractivity contribution in [2.24, 2.45) is 0 Å². The van der Waals surface area contributed by atoms with Crippen LogP contribution in [-0.2, 0) is 9.68 Å². The van der Waals surface area contributed by atoms with Gasteiger partial charge in [-0.3, -0.25) is 0 Å². The normalized spacial score (nSPS) is 8.56. The third-order valence-electron chi connectivity index (χ3n) is 0.891. The molecule has 0 heterocycles. The predicted octanol–water partition coefficient (Wildman–Crippen LogP) is 1.36. The zero-order valence-corrected chi connectivity index (χ0v) is 5.17. The highest BCUT2D eigenvalue weighted by molar-refractivity contribution is 5.68. The maximum absolute atomic E-state index is 10.2. The zero-order chi connectivity index (χ0) is 7.11. The number of rotatable bonds is 4. The van der Waals surface area contributed by atoms with Gasteiger partial charge in [0.15, 0.2) is 0 Å². The highest BCUT2D eigenvalue weighted by Crippen LogP contribution is 1.95. The fourth-order valence-electron chi connectivity index (χ4n) is 0.436. The number of unbranched alkanes of at least 4 members (excludes halogenated alkanes) is 1. The molecule has 0 rings (SSSR count). The molecule has 0 aliphatic carbocycles. The van der Waals surface area contributed by atoms with E-state index in [2.05, 4.69) is 11.5 Å². The fraction of sp³-hybridized carbons (Fsp3) is 0.500. The van der Waals surface area contributed by atoms with Crippen molar-refractivity contribution in [1.29, 1.82) is 0 Å². The first-order valence-corrected chi connectivity index (χ1v) is 2.76. The van der Waals surface area contributed by atoms with E-state index in [9.17, 15) is 4.79 Å². The van der Waals surface area contributed by atoms with Crippen LogP contribution >= 0.6 is 0 Å². The van der Waals surface area contributed by atoms with Gasteiger partial charge in [-0.2, -0.15) is 5.26 Å². The monoisotopic (exact) mass is 130 g/mol. The van der Waals surface area contributed by atoms with Crippen LogP contribution in [0.25, 0.3) is 0 Å². The van der Waals surface area contributed by atoms with E-state index < -0.39 is 5.97 Å². The molecule has 0 aliphatic heterocycles. The molecule has 0 fully saturated rings. The Morgan fingerprint density at radius 2 is 2.44 bits per heavy atom. The molecule has 0 aromatic rings. The molecule has 0 aliphatic rings. The highest BCUT2D eigenvalue weighted by Gasteiger charge is 1.98. The number of hydrogen-bond donors (Lipinski definition) is 1. The first-order chi connectivity index (χ1) is 4.31. The third-order valence-corrected chi connectivity index (χ3v) is 0.891. The van der Waals surface area contributed by atoms with E-state index in [-0.39, 0.29) is 6.42 Å². The van der Waals surface area contributed by atoms with Gasteiger partial charge in [-0.1, -0.05) is 6.08 Å². The predicted molar refractivity (Wildman–Crippen MR) is 32.8 cm³/mol. The fourth-order valence-corrected chi connectivity index (χ4v) is 0.436. The molecule has 0 atom stereocenters. The van der Waals surface area contributed by atoms with Crippen molar-refractivity contribution < 1.29 is 14.9 Å². The molecule has 0 bridgehead atoms. The lowest BCUT2D eigenvalue weighted by molar-refractivity contribution is -0.234. The molecule has 0 radical (unpaired) electrons. The molecule has 0 saturated carbocycles. The minimum atomic E-state index is -0.586. The van der Waals surface area contributed by atoms with E-state index in [1.807, 2.05) is 0 Å². The van der Waals surface area contributed by atoms with Crippen LogP contribution in [0, 0.1) is 0 Å². The smallest absolute Gasteiger partial charge is 0.301 e. The van der Waals surface area contributed by atoms with Crippen LogP contribution in [0.4, 0.5) is 0 Å². The van der Waals surface area contributed by atoms with Gasteiger partial charge in [-0.05, 0) is 12.8 Å². The van der Waals surface area contributed by atoms with Gasteiger partial charge < -0.3 is 4.89 Å². The van der Waals surface area contributed by atoms with Crippen molar-refractivity contribution >= 4 is 5.97 Å². The second-order valence-corrected chi connectivity index (χ2v) is 1.64. The molecular weight excluding hydrogens is 120 g/mol. The van der Waals surface area contributed by atoms with Crippen molar-refractivity contribution in [1.82, 2.24) is 0 Å². The Hall–Kier alpha value is -0.830. The second-order valence-electron chi connectivity index (χ2n) is 1.64. The Bertz CT molecular complexity index is 98.5. The summed E-state index contributed by atoms with van der Waals surface area (Å²) >= 11 is 0. The number of allylic oxidation sites excluding steroid dienone is 1. The Morgan fingerprint density at radius 1 is 1.78 bits per heavy atom. The van der Waals surface area contributed by atoms with Crippen molar-refractivity contribution in [2.45, 2.75) is 19.3 Å². The van der Waals surface area contributed by atoms with Crippen LogP contribution in [0.1, 0.15) is 19.3 Å². The van der Waals surface area contributed by atoms with E-state index in [4.69, 9.17) is 5.26 Å². The van der Waals surface area contributed by atoms with E-state index >= 15 is 0 Å². The molecule has 3 nitrogen and oxygen atoms in total. The van der Waals surface area contributed by atoms with Crippen LogP contribution in [0.5, 0.6) is 0 Å². The van der Waals surface area contributed by atoms with Gasteiger partial charge >= 0.3 is 5.97 Å². The molecule has 0 saturated heterocycles. The Morgan fingerprint density at radius 3 is 2.89 bits per heavy atom. The van der Waals surface area contributed by atoms with Gasteiger partial charge in [-0.25, -0.2) is 4.79 Å². The quantitative estimate of drug-likeness (QED) is 0.270. The van der Waals surface area contributed by atoms with Crippen LogP contribution in [0.3, 0.4) is 0 Å². The first kappa shape index (κ1) is 8.17. The molecule has 0 spiro atoms. The largest absolute Gasteiger partial charge is 0.342 e. The maximum atomic E-state index is 10.2. The van der Waals surface area contributed by atoms with E-state index in [0.29, 0.717) is 6.42 Å². The van der Waals surface area contributed by atoms with Crippen LogP contribution in [0.2, 0.25) is 0 Å². The van der Waals surface area contributed by atoms with Crippen LogP contribution in [0.15, 0.2) is 12.7 Å². The number of carbonyl (C=O) groups is 1. The topological polar surface area (TPSA) is 46.5 Å². The highest BCUT2D eigenvalue weighted by atomic mass is 17.1. The van der Waals surface area contributed by atoms with Crippen molar-refractivity contribution in [3.05, 3.63) is 12.7 Å². The third kappa shape index (κ3) is 5.03. The van der Waals surface area contributed by atoms with Gasteiger partial charge in [0.05, 0.1) is 0 Å². The van der Waals surface area contributed by atoms with Crippen molar-refractivity contribution in [3.63, 3.8) is 0 Å². The van der Waals surface area contributed by atoms with Gasteiger partial charge in [0.1, 0.15) is 0 Å². The SMILES string of the molecule is C=CCCCC(=O)OO. The van der Waals surface area contributed by atoms with E-state index in [0.717, 1.165) is 6.42 Å². The molecule has 9 heavy (non-hydrogen) atoms. The van der Waals surface area contributed by atoms with Crippen LogP contribution in [-0.4, -0.2) is 11.2 Å². The molecule has 52 valence electrons.